The van der Waals surface area contributed by atoms with Crippen LogP contribution in [-0.2, 0) is 10.0 Å². The minimum atomic E-state index is -3.23. The molecule has 3 rings (SSSR count). The van der Waals surface area contributed by atoms with Crippen molar-refractivity contribution in [2.24, 2.45) is 0 Å². The molecule has 1 N–H and O–H groups in total. The van der Waals surface area contributed by atoms with E-state index in [1.165, 1.54) is 11.4 Å². The Bertz CT molecular complexity index is 972. The van der Waals surface area contributed by atoms with E-state index >= 15 is 0 Å². The fourth-order valence-corrected chi connectivity index (χ4v) is 4.60. The Labute approximate surface area is 158 Å². The molecule has 1 fully saturated rings. The van der Waals surface area contributed by atoms with E-state index < -0.39 is 10.0 Å². The largest absolute Gasteiger partial charge is 0.497 e. The number of benzene rings is 2. The summed E-state index contributed by atoms with van der Waals surface area (Å²) in [4.78, 5) is 12.7. The van der Waals surface area contributed by atoms with Crippen molar-refractivity contribution in [2.45, 2.75) is 13.3 Å². The van der Waals surface area contributed by atoms with E-state index in [1.54, 1.807) is 43.5 Å². The van der Waals surface area contributed by atoms with Gasteiger partial charge in [0.2, 0.25) is 10.0 Å². The summed E-state index contributed by atoms with van der Waals surface area (Å²) in [5.74, 6) is 0.848. The van der Waals surface area contributed by atoms with Gasteiger partial charge >= 0.3 is 0 Å². The number of hydrogen-bond acceptors (Lipinski definition) is 5. The van der Waals surface area contributed by atoms with E-state index in [9.17, 15) is 13.2 Å². The van der Waals surface area contributed by atoms with Crippen molar-refractivity contribution in [2.75, 3.05) is 36.1 Å². The van der Waals surface area contributed by atoms with Crippen LogP contribution in [0.25, 0.3) is 0 Å². The molecule has 1 heterocycles. The zero-order valence-corrected chi connectivity index (χ0v) is 16.3. The third-order valence-corrected chi connectivity index (χ3v) is 6.37. The molecular formula is C19H22N2O5S. The molecule has 1 aliphatic rings. The summed E-state index contributed by atoms with van der Waals surface area (Å²) < 4.78 is 36.0. The van der Waals surface area contributed by atoms with Crippen LogP contribution in [0.15, 0.2) is 36.4 Å². The lowest BCUT2D eigenvalue weighted by atomic mass is 10.1. The first-order chi connectivity index (χ1) is 12.9. The number of rotatable bonds is 5. The van der Waals surface area contributed by atoms with Crippen LogP contribution < -0.4 is 19.1 Å². The van der Waals surface area contributed by atoms with Gasteiger partial charge in [-0.1, -0.05) is 0 Å². The number of nitrogens with one attached hydrogen (secondary N) is 1. The van der Waals surface area contributed by atoms with Gasteiger partial charge in [0.25, 0.3) is 5.91 Å². The van der Waals surface area contributed by atoms with Gasteiger partial charge in [0.15, 0.2) is 0 Å². The summed E-state index contributed by atoms with van der Waals surface area (Å²) in [6.45, 7) is 2.31. The predicted molar refractivity (Wildman–Crippen MR) is 104 cm³/mol. The van der Waals surface area contributed by atoms with Gasteiger partial charge in [0.1, 0.15) is 11.5 Å². The smallest absolute Gasteiger partial charge is 0.259 e. The molecule has 0 spiro atoms. The maximum Gasteiger partial charge on any atom is 0.259 e. The van der Waals surface area contributed by atoms with Crippen LogP contribution in [0.1, 0.15) is 22.3 Å². The van der Waals surface area contributed by atoms with Crippen molar-refractivity contribution in [3.05, 3.63) is 47.5 Å². The normalized spacial score (nSPS) is 15.4. The molecule has 0 saturated carbocycles. The Morgan fingerprint density at radius 1 is 1.11 bits per heavy atom. The molecule has 0 aromatic heterocycles. The van der Waals surface area contributed by atoms with Gasteiger partial charge in [-0.15, -0.1) is 0 Å². The Morgan fingerprint density at radius 2 is 1.89 bits per heavy atom. The molecule has 1 amide bonds. The van der Waals surface area contributed by atoms with Gasteiger partial charge in [0.05, 0.1) is 31.2 Å². The van der Waals surface area contributed by atoms with Gasteiger partial charge in [-0.2, -0.15) is 0 Å². The fraction of sp³-hybridized carbons (Fsp3) is 0.316. The molecule has 2 aromatic rings. The highest BCUT2D eigenvalue weighted by Crippen LogP contribution is 2.29. The van der Waals surface area contributed by atoms with Crippen LogP contribution in [0.2, 0.25) is 0 Å². The molecule has 0 atom stereocenters. The van der Waals surface area contributed by atoms with Crippen molar-refractivity contribution in [1.82, 2.24) is 0 Å². The second-order valence-electron chi connectivity index (χ2n) is 6.26. The number of hydrogen-bond donors (Lipinski definition) is 1. The number of nitrogens with zero attached hydrogens (tertiary/aromatic N) is 1. The second-order valence-corrected chi connectivity index (χ2v) is 8.27. The lowest BCUT2D eigenvalue weighted by Crippen LogP contribution is -2.25. The highest BCUT2D eigenvalue weighted by molar-refractivity contribution is 7.93. The molecule has 2 aromatic carbocycles. The van der Waals surface area contributed by atoms with Crippen LogP contribution in [0.4, 0.5) is 11.4 Å². The van der Waals surface area contributed by atoms with Crippen LogP contribution >= 0.6 is 0 Å². The first-order valence-electron chi connectivity index (χ1n) is 8.50. The molecule has 1 aliphatic heterocycles. The third-order valence-electron chi connectivity index (χ3n) is 4.50. The standard InChI is InChI=1S/C19H22N2O5S/c1-13-11-14(21-9-4-10-27(21,23)24)5-8-17(13)20-19(22)16-7-6-15(25-2)12-18(16)26-3/h5-8,11-12H,4,9-10H2,1-3H3,(H,20,22). The number of carbonyl (C=O) groups excluding carboxylic acids is 1. The van der Waals surface area contributed by atoms with Gasteiger partial charge in [0, 0.05) is 18.3 Å². The zero-order valence-electron chi connectivity index (χ0n) is 15.5. The summed E-state index contributed by atoms with van der Waals surface area (Å²) in [5, 5.41) is 2.85. The highest BCUT2D eigenvalue weighted by Gasteiger charge is 2.28. The van der Waals surface area contributed by atoms with E-state index in [0.717, 1.165) is 5.56 Å². The number of aryl methyl sites for hydroxylation is 1. The Hall–Kier alpha value is -2.74. The van der Waals surface area contributed by atoms with Crippen molar-refractivity contribution < 1.29 is 22.7 Å². The minimum Gasteiger partial charge on any atom is -0.497 e. The van der Waals surface area contributed by atoms with Crippen molar-refractivity contribution in [1.29, 1.82) is 0 Å². The molecule has 1 saturated heterocycles. The topological polar surface area (TPSA) is 84.9 Å². The van der Waals surface area contributed by atoms with E-state index in [0.29, 0.717) is 41.4 Å². The van der Waals surface area contributed by atoms with Crippen molar-refractivity contribution >= 4 is 27.3 Å². The van der Waals surface area contributed by atoms with Gasteiger partial charge in [-0.05, 0) is 49.2 Å². The average Bonchev–Trinajstić information content (AvgIpc) is 3.01. The molecule has 0 aliphatic carbocycles. The maximum atomic E-state index is 12.7. The van der Waals surface area contributed by atoms with E-state index in [2.05, 4.69) is 5.32 Å². The number of ether oxygens (including phenoxy) is 2. The first kappa shape index (κ1) is 19.0. The monoisotopic (exact) mass is 390 g/mol. The summed E-state index contributed by atoms with van der Waals surface area (Å²) in [7, 11) is -0.204. The van der Waals surface area contributed by atoms with E-state index in [1.807, 2.05) is 6.92 Å². The first-order valence-corrected chi connectivity index (χ1v) is 10.1. The van der Waals surface area contributed by atoms with Crippen LogP contribution in [0.3, 0.4) is 0 Å². The van der Waals surface area contributed by atoms with Gasteiger partial charge in [-0.3, -0.25) is 9.10 Å². The Kier molecular flexibility index (Phi) is 5.27. The molecule has 0 unspecified atom stereocenters. The number of anilines is 2. The number of amides is 1. The third kappa shape index (κ3) is 3.85. The maximum absolute atomic E-state index is 12.7. The Morgan fingerprint density at radius 3 is 2.48 bits per heavy atom. The average molecular weight is 390 g/mol. The highest BCUT2D eigenvalue weighted by atomic mass is 32.2. The zero-order chi connectivity index (χ0) is 19.6. The quantitative estimate of drug-likeness (QED) is 0.849. The lowest BCUT2D eigenvalue weighted by molar-refractivity contribution is 0.102. The second kappa shape index (κ2) is 7.48. The molecule has 27 heavy (non-hydrogen) atoms. The van der Waals surface area contributed by atoms with E-state index in [-0.39, 0.29) is 11.7 Å². The van der Waals surface area contributed by atoms with Gasteiger partial charge < -0.3 is 14.8 Å². The van der Waals surface area contributed by atoms with Crippen LogP contribution in [0.5, 0.6) is 11.5 Å². The van der Waals surface area contributed by atoms with E-state index in [4.69, 9.17) is 9.47 Å². The summed E-state index contributed by atoms with van der Waals surface area (Å²) in [6.07, 6.45) is 0.622. The molecule has 0 radical (unpaired) electrons. The summed E-state index contributed by atoms with van der Waals surface area (Å²) in [5.41, 5.74) is 2.38. The molecular weight excluding hydrogens is 368 g/mol. The van der Waals surface area contributed by atoms with Gasteiger partial charge in [-0.25, -0.2) is 8.42 Å². The lowest BCUT2D eigenvalue weighted by Gasteiger charge is -2.19. The Balaban J connectivity index is 1.83. The van der Waals surface area contributed by atoms with Crippen LogP contribution in [-0.4, -0.2) is 40.8 Å². The molecule has 8 heteroatoms. The predicted octanol–water partition coefficient (Wildman–Crippen LogP) is 2.80. The fourth-order valence-electron chi connectivity index (χ4n) is 3.05. The summed E-state index contributed by atoms with van der Waals surface area (Å²) in [6, 6.07) is 10.1. The summed E-state index contributed by atoms with van der Waals surface area (Å²) >= 11 is 0. The molecule has 0 bridgehead atoms. The molecule has 7 nitrogen and oxygen atoms in total. The van der Waals surface area contributed by atoms with Crippen LogP contribution in [0, 0.1) is 6.92 Å². The SMILES string of the molecule is COc1ccc(C(=O)Nc2ccc(N3CCCS3(=O)=O)cc2C)c(OC)c1. The number of sulfonamides is 1. The number of carbonyl (C=O) groups is 1. The van der Waals surface area contributed by atoms with Crippen molar-refractivity contribution in [3.8, 4) is 11.5 Å². The minimum absolute atomic E-state index is 0.168. The van der Waals surface area contributed by atoms with Crippen molar-refractivity contribution in [3.63, 3.8) is 0 Å². The molecule has 144 valence electrons. The number of methoxy groups -OCH3 is 2.